The van der Waals surface area contributed by atoms with Gasteiger partial charge >= 0.3 is 0 Å². The molecule has 1 fully saturated rings. The molecule has 0 amide bonds. The van der Waals surface area contributed by atoms with Crippen molar-refractivity contribution in [3.63, 3.8) is 0 Å². The van der Waals surface area contributed by atoms with Crippen LogP contribution in [0, 0.1) is 5.92 Å². The van der Waals surface area contributed by atoms with E-state index < -0.39 is 0 Å². The van der Waals surface area contributed by atoms with E-state index in [1.54, 1.807) is 7.11 Å². The number of methoxy groups -OCH3 is 1. The summed E-state index contributed by atoms with van der Waals surface area (Å²) in [5, 5.41) is 0. The molecule has 2 atom stereocenters. The summed E-state index contributed by atoms with van der Waals surface area (Å²) in [5.74, 6) is 1.49. The molecule has 1 aromatic rings. The maximum Gasteiger partial charge on any atom is 0.124 e. The Morgan fingerprint density at radius 2 is 1.89 bits per heavy atom. The number of benzene rings is 1. The van der Waals surface area contributed by atoms with Crippen molar-refractivity contribution in [3.05, 3.63) is 29.8 Å². The summed E-state index contributed by atoms with van der Waals surface area (Å²) in [6.45, 7) is 4.05. The van der Waals surface area contributed by atoms with E-state index in [0.717, 1.165) is 11.3 Å². The fourth-order valence-electron chi connectivity index (χ4n) is 2.35. The highest BCUT2D eigenvalue weighted by molar-refractivity contribution is 5.36. The van der Waals surface area contributed by atoms with Gasteiger partial charge in [0.15, 0.2) is 0 Å². The highest BCUT2D eigenvalue weighted by Gasteiger charge is 2.36. The van der Waals surface area contributed by atoms with Crippen LogP contribution in [0.25, 0.3) is 0 Å². The van der Waals surface area contributed by atoms with Gasteiger partial charge in [0.05, 0.1) is 18.2 Å². The van der Waals surface area contributed by atoms with E-state index in [4.69, 9.17) is 15.2 Å². The van der Waals surface area contributed by atoms with Crippen LogP contribution in [0.2, 0.25) is 0 Å². The molecule has 0 aromatic heterocycles. The van der Waals surface area contributed by atoms with Crippen molar-refractivity contribution in [2.45, 2.75) is 44.9 Å². The number of hydrogen-bond acceptors (Lipinski definition) is 3. The van der Waals surface area contributed by atoms with Crippen molar-refractivity contribution in [2.24, 2.45) is 11.7 Å². The Labute approximate surface area is 109 Å². The third kappa shape index (κ3) is 3.03. The standard InChI is InChI=1S/C15H23NO2/c1-10(2)18-13-7-5-4-6-12(13)14(16)15(17-3)11-8-9-11/h4-7,10-11,14-15H,8-9,16H2,1-3H3. The van der Waals surface area contributed by atoms with Gasteiger partial charge in [0, 0.05) is 12.7 Å². The molecule has 0 radical (unpaired) electrons. The lowest BCUT2D eigenvalue weighted by Crippen LogP contribution is -2.30. The monoisotopic (exact) mass is 249 g/mol. The zero-order valence-corrected chi connectivity index (χ0v) is 11.4. The van der Waals surface area contributed by atoms with Crippen molar-refractivity contribution in [1.82, 2.24) is 0 Å². The van der Waals surface area contributed by atoms with E-state index in [2.05, 4.69) is 0 Å². The van der Waals surface area contributed by atoms with Crippen molar-refractivity contribution in [2.75, 3.05) is 7.11 Å². The van der Waals surface area contributed by atoms with Crippen molar-refractivity contribution in [1.29, 1.82) is 0 Å². The van der Waals surface area contributed by atoms with Gasteiger partial charge in [0.2, 0.25) is 0 Å². The first kappa shape index (κ1) is 13.4. The second kappa shape index (κ2) is 5.72. The quantitative estimate of drug-likeness (QED) is 0.843. The Morgan fingerprint density at radius 3 is 2.44 bits per heavy atom. The molecule has 3 nitrogen and oxygen atoms in total. The first-order chi connectivity index (χ1) is 8.63. The van der Waals surface area contributed by atoms with E-state index in [1.165, 1.54) is 12.8 Å². The second-order valence-corrected chi connectivity index (χ2v) is 5.27. The van der Waals surface area contributed by atoms with Crippen LogP contribution in [-0.4, -0.2) is 19.3 Å². The second-order valence-electron chi connectivity index (χ2n) is 5.27. The Bertz CT molecular complexity index is 388. The molecule has 0 heterocycles. The minimum absolute atomic E-state index is 0.0990. The normalized spacial score (nSPS) is 18.7. The number of para-hydroxylation sites is 1. The molecule has 0 spiro atoms. The van der Waals surface area contributed by atoms with Gasteiger partial charge in [0.25, 0.3) is 0 Å². The molecule has 100 valence electrons. The number of ether oxygens (including phenoxy) is 2. The summed E-state index contributed by atoms with van der Waals surface area (Å²) in [6.07, 6.45) is 2.70. The van der Waals surface area contributed by atoms with E-state index in [1.807, 2.05) is 38.1 Å². The van der Waals surface area contributed by atoms with Gasteiger partial charge in [-0.2, -0.15) is 0 Å². The lowest BCUT2D eigenvalue weighted by molar-refractivity contribution is 0.0611. The Kier molecular flexibility index (Phi) is 4.25. The highest BCUT2D eigenvalue weighted by atomic mass is 16.5. The minimum atomic E-state index is -0.113. The van der Waals surface area contributed by atoms with Gasteiger partial charge in [-0.05, 0) is 38.7 Å². The number of nitrogens with two attached hydrogens (primary N) is 1. The van der Waals surface area contributed by atoms with Crippen LogP contribution in [0.5, 0.6) is 5.75 Å². The van der Waals surface area contributed by atoms with Gasteiger partial charge in [-0.15, -0.1) is 0 Å². The van der Waals surface area contributed by atoms with Gasteiger partial charge < -0.3 is 15.2 Å². The molecule has 1 aliphatic carbocycles. The van der Waals surface area contributed by atoms with Gasteiger partial charge in [0.1, 0.15) is 5.75 Å². The van der Waals surface area contributed by atoms with E-state index in [9.17, 15) is 0 Å². The molecular formula is C15H23NO2. The lowest BCUT2D eigenvalue weighted by Gasteiger charge is -2.25. The maximum absolute atomic E-state index is 6.36. The van der Waals surface area contributed by atoms with Gasteiger partial charge in [-0.1, -0.05) is 18.2 Å². The van der Waals surface area contributed by atoms with E-state index >= 15 is 0 Å². The average molecular weight is 249 g/mol. The van der Waals surface area contributed by atoms with Crippen LogP contribution in [0.1, 0.15) is 38.3 Å². The fourth-order valence-corrected chi connectivity index (χ4v) is 2.35. The van der Waals surface area contributed by atoms with Crippen LogP contribution < -0.4 is 10.5 Å². The van der Waals surface area contributed by atoms with Crippen molar-refractivity contribution >= 4 is 0 Å². The number of rotatable bonds is 6. The van der Waals surface area contributed by atoms with Gasteiger partial charge in [-0.3, -0.25) is 0 Å². The minimum Gasteiger partial charge on any atom is -0.491 e. The average Bonchev–Trinajstić information content (AvgIpc) is 3.14. The molecule has 2 unspecified atom stereocenters. The van der Waals surface area contributed by atoms with Crippen LogP contribution >= 0.6 is 0 Å². The first-order valence-electron chi connectivity index (χ1n) is 6.67. The molecule has 0 saturated heterocycles. The predicted molar refractivity (Wildman–Crippen MR) is 72.7 cm³/mol. The zero-order valence-electron chi connectivity index (χ0n) is 11.4. The molecule has 18 heavy (non-hydrogen) atoms. The van der Waals surface area contributed by atoms with Crippen LogP contribution in [0.15, 0.2) is 24.3 Å². The molecule has 2 rings (SSSR count). The lowest BCUT2D eigenvalue weighted by atomic mass is 9.98. The Balaban J connectivity index is 2.19. The summed E-state index contributed by atoms with van der Waals surface area (Å²) in [4.78, 5) is 0. The molecule has 0 aliphatic heterocycles. The molecule has 2 N–H and O–H groups in total. The topological polar surface area (TPSA) is 44.5 Å². The van der Waals surface area contributed by atoms with Crippen LogP contribution in [0.4, 0.5) is 0 Å². The smallest absolute Gasteiger partial charge is 0.124 e. The summed E-state index contributed by atoms with van der Waals surface area (Å²) < 4.78 is 11.4. The fraction of sp³-hybridized carbons (Fsp3) is 0.600. The molecule has 1 saturated carbocycles. The zero-order chi connectivity index (χ0) is 13.1. The van der Waals surface area contributed by atoms with Crippen molar-refractivity contribution in [3.8, 4) is 5.75 Å². The van der Waals surface area contributed by atoms with E-state index in [-0.39, 0.29) is 18.2 Å². The largest absolute Gasteiger partial charge is 0.491 e. The molecule has 0 bridgehead atoms. The summed E-state index contributed by atoms with van der Waals surface area (Å²) in [6, 6.07) is 7.89. The van der Waals surface area contributed by atoms with Crippen molar-refractivity contribution < 1.29 is 9.47 Å². The molecule has 1 aliphatic rings. The molecular weight excluding hydrogens is 226 g/mol. The van der Waals surface area contributed by atoms with Gasteiger partial charge in [-0.25, -0.2) is 0 Å². The molecule has 3 heteroatoms. The predicted octanol–water partition coefficient (Wildman–Crippen LogP) is 2.90. The van der Waals surface area contributed by atoms with Crippen LogP contribution in [-0.2, 0) is 4.74 Å². The first-order valence-corrected chi connectivity index (χ1v) is 6.67. The number of hydrogen-bond donors (Lipinski definition) is 1. The van der Waals surface area contributed by atoms with E-state index in [0.29, 0.717) is 5.92 Å². The third-order valence-electron chi connectivity index (χ3n) is 3.35. The highest BCUT2D eigenvalue weighted by Crippen LogP contribution is 2.40. The Hall–Kier alpha value is -1.06. The summed E-state index contributed by atoms with van der Waals surface area (Å²) in [7, 11) is 1.74. The maximum atomic E-state index is 6.36. The third-order valence-corrected chi connectivity index (χ3v) is 3.35. The summed E-state index contributed by atoms with van der Waals surface area (Å²) >= 11 is 0. The van der Waals surface area contributed by atoms with Crippen LogP contribution in [0.3, 0.4) is 0 Å². The SMILES string of the molecule is COC(C1CC1)C(N)c1ccccc1OC(C)C. The molecule has 1 aromatic carbocycles. The Morgan fingerprint density at radius 1 is 1.22 bits per heavy atom. The summed E-state index contributed by atoms with van der Waals surface area (Å²) in [5.41, 5.74) is 7.41.